The fourth-order valence-corrected chi connectivity index (χ4v) is 2.54. The smallest absolute Gasteiger partial charge is 0.411 e. The SMILES string of the molecule is CCOC(=O)Nc1cc(O)ccc1-c1cc(=O)c2cc(F)c(F)cc2[nH]1. The summed E-state index contributed by atoms with van der Waals surface area (Å²) in [4.78, 5) is 26.8. The van der Waals surface area contributed by atoms with Crippen LogP contribution in [0.3, 0.4) is 0 Å². The molecule has 26 heavy (non-hydrogen) atoms. The Labute approximate surface area is 146 Å². The van der Waals surface area contributed by atoms with Crippen molar-refractivity contribution in [3.8, 4) is 17.0 Å². The van der Waals surface area contributed by atoms with Gasteiger partial charge in [0.15, 0.2) is 17.1 Å². The van der Waals surface area contributed by atoms with Crippen molar-refractivity contribution in [3.05, 3.63) is 58.3 Å². The summed E-state index contributed by atoms with van der Waals surface area (Å²) in [5.41, 5.74) is 0.366. The van der Waals surface area contributed by atoms with Gasteiger partial charge in [-0.1, -0.05) is 0 Å². The molecule has 8 heteroatoms. The molecule has 0 fully saturated rings. The highest BCUT2D eigenvalue weighted by Crippen LogP contribution is 2.30. The Kier molecular flexibility index (Phi) is 4.57. The normalized spacial score (nSPS) is 10.7. The summed E-state index contributed by atoms with van der Waals surface area (Å²) in [7, 11) is 0. The van der Waals surface area contributed by atoms with Gasteiger partial charge in [-0.25, -0.2) is 13.6 Å². The first-order chi connectivity index (χ1) is 12.4. The van der Waals surface area contributed by atoms with E-state index in [1.165, 1.54) is 24.3 Å². The number of rotatable bonds is 3. The van der Waals surface area contributed by atoms with Crippen molar-refractivity contribution >= 4 is 22.7 Å². The number of aromatic amines is 1. The van der Waals surface area contributed by atoms with Crippen molar-refractivity contribution in [3.63, 3.8) is 0 Å². The molecule has 3 rings (SSSR count). The average molecular weight is 360 g/mol. The lowest BCUT2D eigenvalue weighted by atomic mass is 10.1. The lowest BCUT2D eigenvalue weighted by Gasteiger charge is -2.12. The Morgan fingerprint density at radius 2 is 1.92 bits per heavy atom. The highest BCUT2D eigenvalue weighted by atomic mass is 19.2. The van der Waals surface area contributed by atoms with Gasteiger partial charge in [-0.15, -0.1) is 0 Å². The molecule has 0 bridgehead atoms. The fourth-order valence-electron chi connectivity index (χ4n) is 2.54. The number of phenolic OH excluding ortho intramolecular Hbond substituents is 1. The van der Waals surface area contributed by atoms with Crippen LogP contribution in [0.15, 0.2) is 41.2 Å². The number of ether oxygens (including phenoxy) is 1. The van der Waals surface area contributed by atoms with Crippen LogP contribution >= 0.6 is 0 Å². The number of aromatic nitrogens is 1. The van der Waals surface area contributed by atoms with Crippen LogP contribution < -0.4 is 10.7 Å². The van der Waals surface area contributed by atoms with Gasteiger partial charge in [0.25, 0.3) is 0 Å². The number of hydrogen-bond donors (Lipinski definition) is 3. The van der Waals surface area contributed by atoms with E-state index in [2.05, 4.69) is 10.3 Å². The van der Waals surface area contributed by atoms with Crippen molar-refractivity contribution < 1.29 is 23.4 Å². The minimum atomic E-state index is -1.12. The Balaban J connectivity index is 2.16. The topological polar surface area (TPSA) is 91.4 Å². The number of pyridine rings is 1. The van der Waals surface area contributed by atoms with E-state index in [0.29, 0.717) is 5.56 Å². The standard InChI is InChI=1S/C18H14F2N2O4/c1-2-26-18(25)22-14-5-9(23)3-4-10(14)16-8-17(24)11-6-12(19)13(20)7-15(11)21-16/h3-8,23H,2H2,1H3,(H,21,24)(H,22,25). The third-order valence-electron chi connectivity index (χ3n) is 3.68. The van der Waals surface area contributed by atoms with Crippen LogP contribution in [0.1, 0.15) is 6.92 Å². The van der Waals surface area contributed by atoms with E-state index in [9.17, 15) is 23.5 Å². The predicted molar refractivity (Wildman–Crippen MR) is 92.2 cm³/mol. The zero-order chi connectivity index (χ0) is 18.8. The van der Waals surface area contributed by atoms with Gasteiger partial charge in [-0.2, -0.15) is 0 Å². The number of halogens is 2. The van der Waals surface area contributed by atoms with Gasteiger partial charge >= 0.3 is 6.09 Å². The second-order valence-electron chi connectivity index (χ2n) is 5.43. The summed E-state index contributed by atoms with van der Waals surface area (Å²) in [6.07, 6.45) is -0.740. The number of carbonyl (C=O) groups excluding carboxylic acids is 1. The van der Waals surface area contributed by atoms with Crippen molar-refractivity contribution in [2.24, 2.45) is 0 Å². The van der Waals surface area contributed by atoms with Crippen molar-refractivity contribution in [1.82, 2.24) is 4.98 Å². The molecule has 0 spiro atoms. The number of anilines is 1. The molecular weight excluding hydrogens is 346 g/mol. The highest BCUT2D eigenvalue weighted by molar-refractivity contribution is 5.92. The van der Waals surface area contributed by atoms with Crippen molar-refractivity contribution in [2.45, 2.75) is 6.92 Å². The largest absolute Gasteiger partial charge is 0.508 e. The number of amides is 1. The molecule has 0 radical (unpaired) electrons. The van der Waals surface area contributed by atoms with Crippen LogP contribution in [0.25, 0.3) is 22.2 Å². The van der Waals surface area contributed by atoms with Gasteiger partial charge in [0.1, 0.15) is 5.75 Å². The number of carbonyl (C=O) groups is 1. The van der Waals surface area contributed by atoms with Crippen LogP contribution in [-0.2, 0) is 4.74 Å². The highest BCUT2D eigenvalue weighted by Gasteiger charge is 2.14. The van der Waals surface area contributed by atoms with E-state index < -0.39 is 23.2 Å². The summed E-state index contributed by atoms with van der Waals surface area (Å²) in [5.74, 6) is -2.33. The van der Waals surface area contributed by atoms with Crippen LogP contribution in [0.2, 0.25) is 0 Å². The zero-order valence-electron chi connectivity index (χ0n) is 13.6. The molecule has 0 unspecified atom stereocenters. The van der Waals surface area contributed by atoms with E-state index in [1.807, 2.05) is 0 Å². The van der Waals surface area contributed by atoms with Crippen LogP contribution in [-0.4, -0.2) is 22.8 Å². The molecule has 0 aliphatic heterocycles. The molecule has 3 aromatic rings. The minimum absolute atomic E-state index is 0.00803. The molecule has 0 atom stereocenters. The molecule has 1 amide bonds. The first-order valence-corrected chi connectivity index (χ1v) is 7.68. The lowest BCUT2D eigenvalue weighted by Crippen LogP contribution is -2.14. The summed E-state index contributed by atoms with van der Waals surface area (Å²) in [6.45, 7) is 1.79. The molecule has 3 N–H and O–H groups in total. The maximum absolute atomic E-state index is 13.5. The summed E-state index contributed by atoms with van der Waals surface area (Å²) in [5, 5.41) is 12.1. The third kappa shape index (κ3) is 3.34. The third-order valence-corrected chi connectivity index (χ3v) is 3.68. The zero-order valence-corrected chi connectivity index (χ0v) is 13.6. The molecule has 0 aliphatic carbocycles. The Hall–Kier alpha value is -3.42. The van der Waals surface area contributed by atoms with Crippen LogP contribution in [0, 0.1) is 11.6 Å². The lowest BCUT2D eigenvalue weighted by molar-refractivity contribution is 0.168. The monoisotopic (exact) mass is 360 g/mol. The first kappa shape index (κ1) is 17.4. The molecule has 0 saturated heterocycles. The van der Waals surface area contributed by atoms with E-state index in [-0.39, 0.29) is 34.6 Å². The number of H-pyrrole nitrogens is 1. The number of nitrogens with one attached hydrogen (secondary N) is 2. The number of benzene rings is 2. The van der Waals surface area contributed by atoms with Gasteiger partial charge in [0, 0.05) is 29.1 Å². The second kappa shape index (κ2) is 6.83. The van der Waals surface area contributed by atoms with Gasteiger partial charge in [0.05, 0.1) is 23.5 Å². The van der Waals surface area contributed by atoms with Crippen LogP contribution in [0.4, 0.5) is 19.3 Å². The number of phenols is 1. The Morgan fingerprint density at radius 3 is 2.65 bits per heavy atom. The molecular formula is C18H14F2N2O4. The van der Waals surface area contributed by atoms with Gasteiger partial charge in [0.2, 0.25) is 0 Å². The number of fused-ring (bicyclic) bond motifs is 1. The molecule has 134 valence electrons. The molecule has 0 saturated carbocycles. The first-order valence-electron chi connectivity index (χ1n) is 7.68. The van der Waals surface area contributed by atoms with Crippen molar-refractivity contribution in [1.29, 1.82) is 0 Å². The quantitative estimate of drug-likeness (QED) is 0.663. The Bertz CT molecular complexity index is 1060. The minimum Gasteiger partial charge on any atom is -0.508 e. The summed E-state index contributed by atoms with van der Waals surface area (Å²) >= 11 is 0. The second-order valence-corrected chi connectivity index (χ2v) is 5.43. The maximum atomic E-state index is 13.5. The predicted octanol–water partition coefficient (Wildman–Crippen LogP) is 3.75. The Morgan fingerprint density at radius 1 is 1.19 bits per heavy atom. The number of hydrogen-bond acceptors (Lipinski definition) is 4. The molecule has 1 aromatic heterocycles. The molecule has 0 aliphatic rings. The van der Waals surface area contributed by atoms with Crippen molar-refractivity contribution in [2.75, 3.05) is 11.9 Å². The molecule has 2 aromatic carbocycles. The van der Waals surface area contributed by atoms with E-state index in [1.54, 1.807) is 6.92 Å². The number of aromatic hydroxyl groups is 1. The molecule has 6 nitrogen and oxygen atoms in total. The van der Waals surface area contributed by atoms with Gasteiger partial charge in [-0.3, -0.25) is 10.1 Å². The van der Waals surface area contributed by atoms with E-state index in [0.717, 1.165) is 12.1 Å². The van der Waals surface area contributed by atoms with Gasteiger partial charge in [-0.05, 0) is 25.1 Å². The van der Waals surface area contributed by atoms with E-state index in [4.69, 9.17) is 4.74 Å². The average Bonchev–Trinajstić information content (AvgIpc) is 2.57. The summed E-state index contributed by atoms with van der Waals surface area (Å²) in [6, 6.07) is 7.01. The van der Waals surface area contributed by atoms with E-state index >= 15 is 0 Å². The fraction of sp³-hybridized carbons (Fsp3) is 0.111. The molecule has 1 heterocycles. The summed E-state index contributed by atoms with van der Waals surface area (Å²) < 4.78 is 31.7. The maximum Gasteiger partial charge on any atom is 0.411 e. The van der Waals surface area contributed by atoms with Gasteiger partial charge < -0.3 is 14.8 Å². The van der Waals surface area contributed by atoms with Crippen LogP contribution in [0.5, 0.6) is 5.75 Å².